The zero-order valence-electron chi connectivity index (χ0n) is 19.8. The Bertz CT molecular complexity index is 1350. The van der Waals surface area contributed by atoms with Crippen molar-refractivity contribution < 1.29 is 32.2 Å². The molecule has 6 nitrogen and oxygen atoms in total. The lowest BCUT2D eigenvalue weighted by Gasteiger charge is -2.20. The Balaban J connectivity index is 1.58. The molecular formula is C28H23F3N2O4. The number of halogens is 3. The maximum absolute atomic E-state index is 13.0. The van der Waals surface area contributed by atoms with Crippen LogP contribution >= 0.6 is 0 Å². The molecule has 0 unspecified atom stereocenters. The van der Waals surface area contributed by atoms with Gasteiger partial charge in [0.05, 0.1) is 17.9 Å². The van der Waals surface area contributed by atoms with Crippen molar-refractivity contribution in [3.05, 3.63) is 107 Å². The van der Waals surface area contributed by atoms with Crippen molar-refractivity contribution in [2.75, 3.05) is 17.2 Å². The van der Waals surface area contributed by atoms with Gasteiger partial charge in [0.15, 0.2) is 0 Å². The molecule has 3 aromatic carbocycles. The zero-order chi connectivity index (χ0) is 26.4. The van der Waals surface area contributed by atoms with Crippen molar-refractivity contribution in [3.8, 4) is 5.75 Å². The normalized spacial score (nSPS) is 13.5. The second-order valence-electron chi connectivity index (χ2n) is 7.99. The number of benzene rings is 3. The van der Waals surface area contributed by atoms with Gasteiger partial charge >= 0.3 is 12.3 Å². The molecule has 9 heteroatoms. The standard InChI is InChI=1S/C28H23F3N2O4/c1-2-36-21-15-11-19(12-16-21)22(18-9-13-20(14-10-18)28(29,30)31)5-3-8-26(34)32-24-6-4-7-25-23(24)17-37-27(35)33-25/h3-16H,2,17H2,1H3,(H,32,34)(H,33,35)/b8-3+,22-5-. The van der Waals surface area contributed by atoms with Gasteiger partial charge in [0.25, 0.3) is 0 Å². The Morgan fingerprint density at radius 1 is 1.05 bits per heavy atom. The zero-order valence-corrected chi connectivity index (χ0v) is 19.8. The molecule has 0 radical (unpaired) electrons. The number of ether oxygens (including phenoxy) is 2. The molecule has 1 aliphatic rings. The number of anilines is 2. The van der Waals surface area contributed by atoms with Gasteiger partial charge in [-0.2, -0.15) is 13.2 Å². The monoisotopic (exact) mass is 508 g/mol. The SMILES string of the molecule is CCOc1ccc(/C(=C\C=C\C(=O)Nc2cccc3c2COC(=O)N3)c2ccc(C(F)(F)F)cc2)cc1. The average Bonchev–Trinajstić information content (AvgIpc) is 2.87. The Morgan fingerprint density at radius 2 is 1.73 bits per heavy atom. The Kier molecular flexibility index (Phi) is 7.62. The predicted octanol–water partition coefficient (Wildman–Crippen LogP) is 6.79. The third-order valence-corrected chi connectivity index (χ3v) is 5.53. The van der Waals surface area contributed by atoms with Crippen LogP contribution in [0.25, 0.3) is 5.57 Å². The second kappa shape index (κ2) is 11.0. The minimum Gasteiger partial charge on any atom is -0.494 e. The summed E-state index contributed by atoms with van der Waals surface area (Å²) in [6.07, 6.45) is -0.524. The lowest BCUT2D eigenvalue weighted by molar-refractivity contribution is -0.137. The van der Waals surface area contributed by atoms with Crippen LogP contribution in [0.4, 0.5) is 29.3 Å². The van der Waals surface area contributed by atoms with Crippen LogP contribution in [-0.4, -0.2) is 18.6 Å². The Labute approximate surface area is 211 Å². The molecule has 3 aromatic rings. The van der Waals surface area contributed by atoms with Gasteiger partial charge in [0.1, 0.15) is 12.4 Å². The highest BCUT2D eigenvalue weighted by atomic mass is 19.4. The van der Waals surface area contributed by atoms with Crippen LogP contribution < -0.4 is 15.4 Å². The smallest absolute Gasteiger partial charge is 0.416 e. The van der Waals surface area contributed by atoms with Crippen molar-refractivity contribution in [2.45, 2.75) is 19.7 Å². The van der Waals surface area contributed by atoms with E-state index in [4.69, 9.17) is 9.47 Å². The van der Waals surface area contributed by atoms with Gasteiger partial charge < -0.3 is 14.8 Å². The number of nitrogens with one attached hydrogen (secondary N) is 2. The number of allylic oxidation sites excluding steroid dienone is 2. The second-order valence-corrected chi connectivity index (χ2v) is 7.99. The highest BCUT2D eigenvalue weighted by Gasteiger charge is 2.30. The summed E-state index contributed by atoms with van der Waals surface area (Å²) in [5, 5.41) is 5.33. The van der Waals surface area contributed by atoms with Gasteiger partial charge in [-0.15, -0.1) is 0 Å². The van der Waals surface area contributed by atoms with Crippen molar-refractivity contribution >= 4 is 28.9 Å². The van der Waals surface area contributed by atoms with E-state index in [1.165, 1.54) is 24.3 Å². The largest absolute Gasteiger partial charge is 0.494 e. The van der Waals surface area contributed by atoms with Crippen LogP contribution in [0.2, 0.25) is 0 Å². The number of carbonyl (C=O) groups is 2. The molecular weight excluding hydrogens is 485 g/mol. The van der Waals surface area contributed by atoms with Crippen molar-refractivity contribution in [1.82, 2.24) is 0 Å². The summed E-state index contributed by atoms with van der Waals surface area (Å²) < 4.78 is 49.6. The molecule has 2 amide bonds. The summed E-state index contributed by atoms with van der Waals surface area (Å²) in [5.74, 6) is 0.235. The molecule has 37 heavy (non-hydrogen) atoms. The molecule has 4 rings (SSSR count). The summed E-state index contributed by atoms with van der Waals surface area (Å²) in [4.78, 5) is 24.0. The maximum atomic E-state index is 13.0. The minimum atomic E-state index is -4.44. The van der Waals surface area contributed by atoms with E-state index < -0.39 is 23.7 Å². The fourth-order valence-corrected chi connectivity index (χ4v) is 3.76. The van der Waals surface area contributed by atoms with Crippen LogP contribution in [0.15, 0.2) is 85.0 Å². The first-order valence-electron chi connectivity index (χ1n) is 11.4. The van der Waals surface area contributed by atoms with Gasteiger partial charge in [0, 0.05) is 17.3 Å². The molecule has 0 bridgehead atoms. The first-order chi connectivity index (χ1) is 17.7. The van der Waals surface area contributed by atoms with Gasteiger partial charge in [-0.05, 0) is 60.0 Å². The topological polar surface area (TPSA) is 76.7 Å². The lowest BCUT2D eigenvalue weighted by Crippen LogP contribution is -2.22. The molecule has 0 aliphatic carbocycles. The molecule has 2 N–H and O–H groups in total. The number of carbonyl (C=O) groups excluding carboxylic acids is 2. The third kappa shape index (κ3) is 6.38. The van der Waals surface area contributed by atoms with E-state index in [9.17, 15) is 22.8 Å². The molecule has 1 aliphatic heterocycles. The van der Waals surface area contributed by atoms with E-state index in [-0.39, 0.29) is 6.61 Å². The van der Waals surface area contributed by atoms with Gasteiger partial charge in [-0.3, -0.25) is 10.1 Å². The van der Waals surface area contributed by atoms with Crippen LogP contribution in [-0.2, 0) is 22.3 Å². The summed E-state index contributed by atoms with van der Waals surface area (Å²) in [5.41, 5.74) is 2.84. The van der Waals surface area contributed by atoms with Crippen molar-refractivity contribution in [1.29, 1.82) is 0 Å². The van der Waals surface area contributed by atoms with Crippen LogP contribution in [0.3, 0.4) is 0 Å². The summed E-state index contributed by atoms with van der Waals surface area (Å²) in [6.45, 7) is 2.39. The molecule has 0 fully saturated rings. The van der Waals surface area contributed by atoms with E-state index in [0.29, 0.717) is 40.4 Å². The van der Waals surface area contributed by atoms with E-state index in [1.54, 1.807) is 48.5 Å². The lowest BCUT2D eigenvalue weighted by atomic mass is 9.96. The number of rotatable bonds is 7. The van der Waals surface area contributed by atoms with E-state index in [2.05, 4.69) is 10.6 Å². The van der Waals surface area contributed by atoms with Gasteiger partial charge in [-0.1, -0.05) is 42.5 Å². The molecule has 1 heterocycles. The van der Waals surface area contributed by atoms with Crippen LogP contribution in [0.5, 0.6) is 5.75 Å². The van der Waals surface area contributed by atoms with E-state index >= 15 is 0 Å². The van der Waals surface area contributed by atoms with Crippen molar-refractivity contribution in [2.24, 2.45) is 0 Å². The molecule has 0 atom stereocenters. The molecule has 0 aromatic heterocycles. The highest BCUT2D eigenvalue weighted by molar-refractivity contribution is 6.01. The molecule has 0 spiro atoms. The predicted molar refractivity (Wildman–Crippen MR) is 134 cm³/mol. The number of amides is 2. The summed E-state index contributed by atoms with van der Waals surface area (Å²) >= 11 is 0. The maximum Gasteiger partial charge on any atom is 0.416 e. The minimum absolute atomic E-state index is 0.0248. The number of fused-ring (bicyclic) bond motifs is 1. The Hall–Kier alpha value is -4.53. The number of hydrogen-bond donors (Lipinski definition) is 2. The molecule has 0 saturated heterocycles. The highest BCUT2D eigenvalue weighted by Crippen LogP contribution is 2.32. The van der Waals surface area contributed by atoms with Crippen LogP contribution in [0.1, 0.15) is 29.2 Å². The summed E-state index contributed by atoms with van der Waals surface area (Å²) in [6, 6.07) is 17.1. The quantitative estimate of drug-likeness (QED) is 0.272. The first-order valence-corrected chi connectivity index (χ1v) is 11.4. The van der Waals surface area contributed by atoms with E-state index in [0.717, 1.165) is 17.7 Å². The van der Waals surface area contributed by atoms with Crippen molar-refractivity contribution in [3.63, 3.8) is 0 Å². The van der Waals surface area contributed by atoms with E-state index in [1.807, 2.05) is 6.92 Å². The first kappa shape index (κ1) is 25.6. The van der Waals surface area contributed by atoms with Gasteiger partial charge in [-0.25, -0.2) is 4.79 Å². The van der Waals surface area contributed by atoms with Crippen LogP contribution in [0, 0.1) is 0 Å². The fourth-order valence-electron chi connectivity index (χ4n) is 3.76. The number of alkyl halides is 3. The summed E-state index contributed by atoms with van der Waals surface area (Å²) in [7, 11) is 0. The fraction of sp³-hybridized carbons (Fsp3) is 0.143. The number of hydrogen-bond acceptors (Lipinski definition) is 4. The van der Waals surface area contributed by atoms with Gasteiger partial charge in [0.2, 0.25) is 5.91 Å². The number of cyclic esters (lactones) is 1. The molecule has 190 valence electrons. The Morgan fingerprint density at radius 3 is 2.38 bits per heavy atom. The third-order valence-electron chi connectivity index (χ3n) is 5.53. The molecule has 0 saturated carbocycles. The average molecular weight is 508 g/mol.